The average molecular weight is 396 g/mol. The fourth-order valence-corrected chi connectivity index (χ4v) is 4.28. The van der Waals surface area contributed by atoms with E-state index in [-0.39, 0.29) is 18.9 Å². The first-order valence-corrected chi connectivity index (χ1v) is 11.7. The van der Waals surface area contributed by atoms with E-state index in [1.165, 1.54) is 21.8 Å². The smallest absolute Gasteiger partial charge is 0.224 e. The molecule has 1 fully saturated rings. The zero-order chi connectivity index (χ0) is 19.9. The Morgan fingerprint density at radius 1 is 1.11 bits per heavy atom. The number of benzene rings is 1. The third kappa shape index (κ3) is 6.81. The molecule has 1 amide bonds. The number of nitrogens with zero attached hydrogens (tertiary/aromatic N) is 3. The molecule has 1 aromatic rings. The van der Waals surface area contributed by atoms with Crippen molar-refractivity contribution in [1.29, 1.82) is 0 Å². The normalized spacial score (nSPS) is 15.4. The van der Waals surface area contributed by atoms with Crippen LogP contribution in [0.15, 0.2) is 24.3 Å². The number of amides is 1. The second kappa shape index (κ2) is 10.1. The van der Waals surface area contributed by atoms with Crippen LogP contribution in [0, 0.1) is 6.92 Å². The second-order valence-electron chi connectivity index (χ2n) is 7.33. The molecule has 0 N–H and O–H groups in total. The Hall–Kier alpha value is -1.60. The molecule has 0 spiro atoms. The SMILES string of the molecule is CCCCCN(CCC(=O)N1CCN(c2cccc(C)c2)CC1)S(C)(=O)=O. The van der Waals surface area contributed by atoms with Gasteiger partial charge in [0.25, 0.3) is 0 Å². The summed E-state index contributed by atoms with van der Waals surface area (Å²) < 4.78 is 25.3. The van der Waals surface area contributed by atoms with Gasteiger partial charge in [-0.2, -0.15) is 0 Å². The van der Waals surface area contributed by atoms with E-state index in [0.29, 0.717) is 19.6 Å². The fourth-order valence-electron chi connectivity index (χ4n) is 3.40. The number of hydrogen-bond acceptors (Lipinski definition) is 4. The molecular formula is C20H33N3O3S. The molecule has 152 valence electrons. The van der Waals surface area contributed by atoms with Gasteiger partial charge in [0.2, 0.25) is 15.9 Å². The predicted molar refractivity (Wildman–Crippen MR) is 111 cm³/mol. The first-order valence-electron chi connectivity index (χ1n) is 9.85. The highest BCUT2D eigenvalue weighted by molar-refractivity contribution is 7.88. The number of anilines is 1. The third-order valence-electron chi connectivity index (χ3n) is 5.05. The topological polar surface area (TPSA) is 60.9 Å². The standard InChI is InChI=1S/C20H33N3O3S/c1-4-5-6-11-23(27(3,25)26)12-10-20(24)22-15-13-21(14-16-22)19-9-7-8-18(2)17-19/h7-9,17H,4-6,10-16H2,1-3H3. The Balaban J connectivity index is 1.82. The van der Waals surface area contributed by atoms with Crippen molar-refractivity contribution in [3.8, 4) is 0 Å². The molecule has 7 heteroatoms. The van der Waals surface area contributed by atoms with Gasteiger partial charge in [0, 0.05) is 51.4 Å². The summed E-state index contributed by atoms with van der Waals surface area (Å²) in [7, 11) is -3.27. The highest BCUT2D eigenvalue weighted by Gasteiger charge is 2.23. The number of sulfonamides is 1. The van der Waals surface area contributed by atoms with Crippen molar-refractivity contribution in [1.82, 2.24) is 9.21 Å². The van der Waals surface area contributed by atoms with E-state index >= 15 is 0 Å². The van der Waals surface area contributed by atoms with Crippen molar-refractivity contribution in [2.45, 2.75) is 39.5 Å². The molecule has 0 saturated carbocycles. The van der Waals surface area contributed by atoms with Crippen molar-refractivity contribution in [2.24, 2.45) is 0 Å². The number of rotatable bonds is 9. The molecule has 1 aliphatic heterocycles. The van der Waals surface area contributed by atoms with E-state index in [2.05, 4.69) is 43.0 Å². The lowest BCUT2D eigenvalue weighted by molar-refractivity contribution is -0.131. The van der Waals surface area contributed by atoms with Crippen molar-refractivity contribution in [3.05, 3.63) is 29.8 Å². The summed E-state index contributed by atoms with van der Waals surface area (Å²) in [6.07, 6.45) is 4.36. The van der Waals surface area contributed by atoms with Crippen LogP contribution in [-0.2, 0) is 14.8 Å². The van der Waals surface area contributed by atoms with E-state index in [1.807, 2.05) is 4.90 Å². The van der Waals surface area contributed by atoms with Crippen molar-refractivity contribution in [3.63, 3.8) is 0 Å². The maximum absolute atomic E-state index is 12.5. The number of hydrogen-bond donors (Lipinski definition) is 0. The molecule has 6 nitrogen and oxygen atoms in total. The van der Waals surface area contributed by atoms with Gasteiger partial charge in [0.1, 0.15) is 0 Å². The van der Waals surface area contributed by atoms with Gasteiger partial charge in [-0.3, -0.25) is 4.79 Å². The summed E-state index contributed by atoms with van der Waals surface area (Å²) in [5.74, 6) is 0.0445. The lowest BCUT2D eigenvalue weighted by atomic mass is 10.2. The minimum absolute atomic E-state index is 0.0445. The number of carbonyl (C=O) groups excluding carboxylic acids is 1. The summed E-state index contributed by atoms with van der Waals surface area (Å²) in [5.41, 5.74) is 2.43. The molecule has 1 saturated heterocycles. The monoisotopic (exact) mass is 395 g/mol. The highest BCUT2D eigenvalue weighted by atomic mass is 32.2. The number of aryl methyl sites for hydroxylation is 1. The van der Waals surface area contributed by atoms with E-state index < -0.39 is 10.0 Å². The quantitative estimate of drug-likeness (QED) is 0.603. The van der Waals surface area contributed by atoms with Crippen molar-refractivity contribution < 1.29 is 13.2 Å². The molecular weight excluding hydrogens is 362 g/mol. The van der Waals surface area contributed by atoms with E-state index in [1.54, 1.807) is 0 Å². The molecule has 1 aliphatic rings. The van der Waals surface area contributed by atoms with E-state index in [4.69, 9.17) is 0 Å². The Morgan fingerprint density at radius 3 is 2.41 bits per heavy atom. The lowest BCUT2D eigenvalue weighted by Crippen LogP contribution is -2.49. The molecule has 0 aliphatic carbocycles. The van der Waals surface area contributed by atoms with Crippen LogP contribution >= 0.6 is 0 Å². The van der Waals surface area contributed by atoms with Crippen molar-refractivity contribution >= 4 is 21.6 Å². The van der Waals surface area contributed by atoms with Gasteiger partial charge in [0.15, 0.2) is 0 Å². The zero-order valence-electron chi connectivity index (χ0n) is 16.9. The van der Waals surface area contributed by atoms with Crippen LogP contribution in [0.4, 0.5) is 5.69 Å². The molecule has 0 bridgehead atoms. The summed E-state index contributed by atoms with van der Waals surface area (Å²) >= 11 is 0. The summed E-state index contributed by atoms with van der Waals surface area (Å²) in [6.45, 7) is 7.93. The van der Waals surface area contributed by atoms with E-state index in [9.17, 15) is 13.2 Å². The van der Waals surface area contributed by atoms with Gasteiger partial charge in [-0.05, 0) is 31.0 Å². The Kier molecular flexibility index (Phi) is 8.10. The highest BCUT2D eigenvalue weighted by Crippen LogP contribution is 2.18. The maximum Gasteiger partial charge on any atom is 0.224 e. The van der Waals surface area contributed by atoms with Crippen LogP contribution < -0.4 is 4.90 Å². The molecule has 1 aromatic carbocycles. The second-order valence-corrected chi connectivity index (χ2v) is 9.31. The summed E-state index contributed by atoms with van der Waals surface area (Å²) in [4.78, 5) is 16.7. The molecule has 0 unspecified atom stereocenters. The zero-order valence-corrected chi connectivity index (χ0v) is 17.7. The molecule has 27 heavy (non-hydrogen) atoms. The Labute approximate surface area is 164 Å². The first kappa shape index (κ1) is 21.7. The van der Waals surface area contributed by atoms with Crippen LogP contribution in [0.25, 0.3) is 0 Å². The number of carbonyl (C=O) groups is 1. The average Bonchev–Trinajstić information content (AvgIpc) is 2.63. The van der Waals surface area contributed by atoms with Crippen LogP contribution in [0.5, 0.6) is 0 Å². The van der Waals surface area contributed by atoms with Crippen molar-refractivity contribution in [2.75, 3.05) is 50.4 Å². The predicted octanol–water partition coefficient (Wildman–Crippen LogP) is 2.49. The Bertz CT molecular complexity index is 713. The molecule has 1 heterocycles. The minimum Gasteiger partial charge on any atom is -0.368 e. The first-order chi connectivity index (χ1) is 12.8. The minimum atomic E-state index is -3.27. The van der Waals surface area contributed by atoms with Gasteiger partial charge in [-0.25, -0.2) is 12.7 Å². The van der Waals surface area contributed by atoms with Crippen LogP contribution in [0.2, 0.25) is 0 Å². The van der Waals surface area contributed by atoms with Gasteiger partial charge in [-0.1, -0.05) is 31.9 Å². The van der Waals surface area contributed by atoms with Crippen LogP contribution in [0.1, 0.15) is 38.2 Å². The maximum atomic E-state index is 12.5. The number of piperazine rings is 1. The number of unbranched alkanes of at least 4 members (excludes halogenated alkanes) is 2. The molecule has 2 rings (SSSR count). The summed E-state index contributed by atoms with van der Waals surface area (Å²) in [6, 6.07) is 8.40. The van der Waals surface area contributed by atoms with Gasteiger partial charge < -0.3 is 9.80 Å². The molecule has 0 atom stereocenters. The lowest BCUT2D eigenvalue weighted by Gasteiger charge is -2.36. The van der Waals surface area contributed by atoms with Gasteiger partial charge in [0.05, 0.1) is 6.26 Å². The molecule has 0 aromatic heterocycles. The van der Waals surface area contributed by atoms with E-state index in [0.717, 1.165) is 32.4 Å². The summed E-state index contributed by atoms with van der Waals surface area (Å²) in [5, 5.41) is 0. The Morgan fingerprint density at radius 2 is 1.81 bits per heavy atom. The van der Waals surface area contributed by atoms with Crippen LogP contribution in [-0.4, -0.2) is 69.1 Å². The third-order valence-corrected chi connectivity index (χ3v) is 6.36. The molecule has 0 radical (unpaired) electrons. The van der Waals surface area contributed by atoms with Gasteiger partial charge >= 0.3 is 0 Å². The largest absolute Gasteiger partial charge is 0.368 e. The fraction of sp³-hybridized carbons (Fsp3) is 0.650. The van der Waals surface area contributed by atoms with Crippen LogP contribution in [0.3, 0.4) is 0 Å². The van der Waals surface area contributed by atoms with Gasteiger partial charge in [-0.15, -0.1) is 0 Å².